The minimum absolute atomic E-state index is 0.400. The summed E-state index contributed by atoms with van der Waals surface area (Å²) in [6, 6.07) is 17.1. The summed E-state index contributed by atoms with van der Waals surface area (Å²) in [5.41, 5.74) is 2.28. The van der Waals surface area contributed by atoms with Crippen LogP contribution in [-0.2, 0) is 16.0 Å². The van der Waals surface area contributed by atoms with Crippen LogP contribution in [0.4, 0.5) is 0 Å². The maximum atomic E-state index is 10.8. The molecule has 0 unspecified atom stereocenters. The summed E-state index contributed by atoms with van der Waals surface area (Å²) in [5.74, 6) is -3.94. The van der Waals surface area contributed by atoms with Crippen LogP contribution in [0.3, 0.4) is 0 Å². The van der Waals surface area contributed by atoms with E-state index < -0.39 is 24.5 Å². The number of hydrogen-bond donors (Lipinski definition) is 2. The molecule has 2 aromatic rings. The van der Waals surface area contributed by atoms with E-state index in [4.69, 9.17) is 14.9 Å². The molecule has 0 heterocycles. The molecule has 0 saturated carbocycles. The van der Waals surface area contributed by atoms with Crippen molar-refractivity contribution < 1.29 is 24.5 Å². The van der Waals surface area contributed by atoms with Crippen molar-refractivity contribution in [1.29, 1.82) is 0 Å². The summed E-state index contributed by atoms with van der Waals surface area (Å²) in [6.45, 7) is -0.400. The zero-order valence-corrected chi connectivity index (χ0v) is 11.8. The van der Waals surface area contributed by atoms with Crippen LogP contribution in [0.15, 0.2) is 54.6 Å². The van der Waals surface area contributed by atoms with Gasteiger partial charge in [-0.3, -0.25) is 9.59 Å². The highest BCUT2D eigenvalue weighted by Crippen LogP contribution is 2.16. The van der Waals surface area contributed by atoms with Crippen molar-refractivity contribution >= 4 is 11.9 Å². The Morgan fingerprint density at radius 1 is 0.864 bits per heavy atom. The van der Waals surface area contributed by atoms with Gasteiger partial charge in [0.2, 0.25) is 0 Å². The van der Waals surface area contributed by atoms with Crippen molar-refractivity contribution in [2.24, 2.45) is 5.92 Å². The Morgan fingerprint density at radius 2 is 1.41 bits per heavy atom. The highest BCUT2D eigenvalue weighted by molar-refractivity contribution is 5.93. The zero-order valence-electron chi connectivity index (χ0n) is 11.8. The molecule has 22 heavy (non-hydrogen) atoms. The van der Waals surface area contributed by atoms with Crippen LogP contribution in [0.5, 0.6) is 5.75 Å². The van der Waals surface area contributed by atoms with Gasteiger partial charge in [-0.15, -0.1) is 0 Å². The van der Waals surface area contributed by atoms with Gasteiger partial charge in [-0.2, -0.15) is 0 Å². The number of carboxylic acid groups (broad SMARTS) is 2. The quantitative estimate of drug-likeness (QED) is 0.767. The van der Waals surface area contributed by atoms with E-state index in [0.29, 0.717) is 5.75 Å². The molecule has 0 amide bonds. The molecule has 0 aromatic heterocycles. The Bertz CT molecular complexity index is 620. The van der Waals surface area contributed by atoms with Gasteiger partial charge < -0.3 is 14.9 Å². The summed E-state index contributed by atoms with van der Waals surface area (Å²) in [6.07, 6.45) is 0.786. The highest BCUT2D eigenvalue weighted by Gasteiger charge is 2.26. The fraction of sp³-hybridized carbons (Fsp3) is 0.176. The normalized spacial score (nSPS) is 10.4. The Morgan fingerprint density at radius 3 is 1.95 bits per heavy atom. The molecule has 0 radical (unpaired) electrons. The third kappa shape index (κ3) is 4.34. The van der Waals surface area contributed by atoms with E-state index in [-0.39, 0.29) is 0 Å². The van der Waals surface area contributed by atoms with E-state index in [2.05, 4.69) is 0 Å². The largest absolute Gasteiger partial charge is 0.492 e. The van der Waals surface area contributed by atoms with Gasteiger partial charge in [0.15, 0.2) is 5.92 Å². The molecule has 5 nitrogen and oxygen atoms in total. The molecule has 2 rings (SSSR count). The standard InChI is InChI=1S/C17H16O5/c18-16(19)15(17(20)21)11-22-14-8-6-13(7-9-14)10-12-4-2-1-3-5-12/h1-9,15H,10-11H2,(H,18,19)(H,20,21). The van der Waals surface area contributed by atoms with Gasteiger partial charge in [0.1, 0.15) is 12.4 Å². The summed E-state index contributed by atoms with van der Waals surface area (Å²) >= 11 is 0. The molecule has 114 valence electrons. The summed E-state index contributed by atoms with van der Waals surface area (Å²) in [5, 5.41) is 17.5. The third-order valence-electron chi connectivity index (χ3n) is 3.19. The number of aliphatic carboxylic acids is 2. The lowest BCUT2D eigenvalue weighted by Gasteiger charge is -2.10. The SMILES string of the molecule is O=C(O)C(COc1ccc(Cc2ccccc2)cc1)C(=O)O. The van der Waals surface area contributed by atoms with Crippen LogP contribution >= 0.6 is 0 Å². The molecule has 2 aromatic carbocycles. The smallest absolute Gasteiger partial charge is 0.321 e. The number of hydrogen-bond acceptors (Lipinski definition) is 3. The molecule has 2 N–H and O–H groups in total. The molecular weight excluding hydrogens is 284 g/mol. The Balaban J connectivity index is 1.94. The lowest BCUT2D eigenvalue weighted by molar-refractivity contribution is -0.155. The van der Waals surface area contributed by atoms with E-state index in [0.717, 1.165) is 12.0 Å². The summed E-state index contributed by atoms with van der Waals surface area (Å²) in [4.78, 5) is 21.5. The number of carboxylic acids is 2. The number of benzene rings is 2. The van der Waals surface area contributed by atoms with Gasteiger partial charge in [-0.25, -0.2) is 0 Å². The lowest BCUT2D eigenvalue weighted by atomic mass is 10.1. The van der Waals surface area contributed by atoms with Crippen LogP contribution in [0.2, 0.25) is 0 Å². The molecule has 0 saturated heterocycles. The van der Waals surface area contributed by atoms with Crippen molar-refractivity contribution in [2.75, 3.05) is 6.61 Å². The molecule has 0 fully saturated rings. The zero-order chi connectivity index (χ0) is 15.9. The van der Waals surface area contributed by atoms with Crippen molar-refractivity contribution in [2.45, 2.75) is 6.42 Å². The highest BCUT2D eigenvalue weighted by atomic mass is 16.5. The fourth-order valence-corrected chi connectivity index (χ4v) is 1.96. The maximum absolute atomic E-state index is 10.8. The van der Waals surface area contributed by atoms with Crippen molar-refractivity contribution in [3.8, 4) is 5.75 Å². The van der Waals surface area contributed by atoms with Crippen molar-refractivity contribution in [1.82, 2.24) is 0 Å². The van der Waals surface area contributed by atoms with Crippen LogP contribution in [0.25, 0.3) is 0 Å². The molecular formula is C17H16O5. The van der Waals surface area contributed by atoms with Gasteiger partial charge in [-0.05, 0) is 29.7 Å². The molecule has 5 heteroatoms. The Hall–Kier alpha value is -2.82. The first-order chi connectivity index (χ1) is 10.6. The van der Waals surface area contributed by atoms with Gasteiger partial charge in [0.25, 0.3) is 0 Å². The van der Waals surface area contributed by atoms with Crippen molar-refractivity contribution in [3.63, 3.8) is 0 Å². The van der Waals surface area contributed by atoms with Crippen LogP contribution in [0, 0.1) is 5.92 Å². The van der Waals surface area contributed by atoms with E-state index in [1.165, 1.54) is 5.56 Å². The molecule has 0 bridgehead atoms. The van der Waals surface area contributed by atoms with Gasteiger partial charge >= 0.3 is 11.9 Å². The minimum Gasteiger partial charge on any atom is -0.492 e. The first kappa shape index (κ1) is 15.6. The molecule has 0 aliphatic rings. The Kier molecular flexibility index (Phi) is 5.14. The minimum atomic E-state index is -1.57. The predicted molar refractivity (Wildman–Crippen MR) is 79.9 cm³/mol. The molecule has 0 aliphatic heterocycles. The first-order valence-electron chi connectivity index (χ1n) is 6.77. The van der Waals surface area contributed by atoms with Gasteiger partial charge in [0, 0.05) is 0 Å². The molecule has 0 aliphatic carbocycles. The molecule has 0 atom stereocenters. The van der Waals surface area contributed by atoms with E-state index in [1.54, 1.807) is 12.1 Å². The molecule has 0 spiro atoms. The Labute approximate surface area is 127 Å². The lowest BCUT2D eigenvalue weighted by Crippen LogP contribution is -2.29. The van der Waals surface area contributed by atoms with Gasteiger partial charge in [0.05, 0.1) is 0 Å². The average molecular weight is 300 g/mol. The van der Waals surface area contributed by atoms with E-state index >= 15 is 0 Å². The van der Waals surface area contributed by atoms with Crippen LogP contribution in [0.1, 0.15) is 11.1 Å². The van der Waals surface area contributed by atoms with Crippen LogP contribution < -0.4 is 4.74 Å². The number of ether oxygens (including phenoxy) is 1. The summed E-state index contributed by atoms with van der Waals surface area (Å²) in [7, 11) is 0. The van der Waals surface area contributed by atoms with Crippen LogP contribution in [-0.4, -0.2) is 28.8 Å². The third-order valence-corrected chi connectivity index (χ3v) is 3.19. The predicted octanol–water partition coefficient (Wildman–Crippen LogP) is 2.44. The topological polar surface area (TPSA) is 83.8 Å². The monoisotopic (exact) mass is 300 g/mol. The van der Waals surface area contributed by atoms with Crippen molar-refractivity contribution in [3.05, 3.63) is 65.7 Å². The van der Waals surface area contributed by atoms with Gasteiger partial charge in [-0.1, -0.05) is 42.5 Å². The summed E-state index contributed by atoms with van der Waals surface area (Å²) < 4.78 is 5.23. The first-order valence-corrected chi connectivity index (χ1v) is 6.77. The second kappa shape index (κ2) is 7.26. The fourth-order valence-electron chi connectivity index (χ4n) is 1.96. The number of carbonyl (C=O) groups is 2. The van der Waals surface area contributed by atoms with E-state index in [1.807, 2.05) is 42.5 Å². The second-order valence-electron chi connectivity index (χ2n) is 4.85. The van der Waals surface area contributed by atoms with E-state index in [9.17, 15) is 9.59 Å². The average Bonchev–Trinajstić information content (AvgIpc) is 2.49. The number of rotatable bonds is 7. The maximum Gasteiger partial charge on any atom is 0.321 e. The second-order valence-corrected chi connectivity index (χ2v) is 4.85.